The summed E-state index contributed by atoms with van der Waals surface area (Å²) in [5, 5.41) is 8.18. The van der Waals surface area contributed by atoms with Crippen molar-refractivity contribution in [1.29, 1.82) is 0 Å². The second-order valence-corrected chi connectivity index (χ2v) is 9.68. The smallest absolute Gasteiger partial charge is 0.238 e. The van der Waals surface area contributed by atoms with Gasteiger partial charge >= 0.3 is 0 Å². The fraction of sp³-hybridized carbons (Fsp3) is 0.185. The van der Waals surface area contributed by atoms with Crippen LogP contribution in [0.5, 0.6) is 0 Å². The Morgan fingerprint density at radius 3 is 2.49 bits per heavy atom. The van der Waals surface area contributed by atoms with E-state index in [1.54, 1.807) is 6.07 Å². The van der Waals surface area contributed by atoms with Gasteiger partial charge in [-0.3, -0.25) is 4.79 Å². The van der Waals surface area contributed by atoms with Crippen molar-refractivity contribution < 1.29 is 13.2 Å². The number of rotatable bonds is 7. The first-order valence-electron chi connectivity index (χ1n) is 11.3. The number of imidazole rings is 1. The highest BCUT2D eigenvalue weighted by atomic mass is 32.2. The molecule has 0 atom stereocenters. The van der Waals surface area contributed by atoms with Crippen molar-refractivity contribution in [3.8, 4) is 11.8 Å². The zero-order valence-corrected chi connectivity index (χ0v) is 20.2. The molecule has 0 bridgehead atoms. The molecular weight excluding hydrogens is 460 g/mol. The molecule has 0 spiro atoms. The topological polar surface area (TPSA) is 107 Å². The minimum Gasteiger partial charge on any atom is -0.328 e. The van der Waals surface area contributed by atoms with Gasteiger partial charge in [-0.05, 0) is 55.0 Å². The third-order valence-corrected chi connectivity index (χ3v) is 6.33. The Labute approximate surface area is 205 Å². The number of carbonyl (C=O) groups is 1. The summed E-state index contributed by atoms with van der Waals surface area (Å²) in [6.07, 6.45) is 1.52. The lowest BCUT2D eigenvalue weighted by atomic mass is 10.1. The maximum absolute atomic E-state index is 12.7. The maximum Gasteiger partial charge on any atom is 0.238 e. The molecule has 178 valence electrons. The van der Waals surface area contributed by atoms with Gasteiger partial charge in [0.25, 0.3) is 0 Å². The summed E-state index contributed by atoms with van der Waals surface area (Å²) in [6, 6.07) is 21.8. The molecule has 35 heavy (non-hydrogen) atoms. The SMILES string of the molecule is CCCn1c(CCC(=O)Nc2cccc(C#Cc3ccccc3)c2)nc2cc(S(N)(=O)=O)ccc21. The summed E-state index contributed by atoms with van der Waals surface area (Å²) in [5.41, 5.74) is 3.77. The summed E-state index contributed by atoms with van der Waals surface area (Å²) < 4.78 is 25.4. The summed E-state index contributed by atoms with van der Waals surface area (Å²) in [5.74, 6) is 6.82. The van der Waals surface area contributed by atoms with Gasteiger partial charge in [0.15, 0.2) is 0 Å². The van der Waals surface area contributed by atoms with Crippen LogP contribution in [0.2, 0.25) is 0 Å². The summed E-state index contributed by atoms with van der Waals surface area (Å²) in [6.45, 7) is 2.76. The Bertz CT molecular complexity index is 1530. The van der Waals surface area contributed by atoms with Gasteiger partial charge in [0.2, 0.25) is 15.9 Å². The molecule has 1 aromatic heterocycles. The average Bonchev–Trinajstić information content (AvgIpc) is 3.19. The van der Waals surface area contributed by atoms with Crippen molar-refractivity contribution in [3.63, 3.8) is 0 Å². The van der Waals surface area contributed by atoms with E-state index in [-0.39, 0.29) is 17.2 Å². The van der Waals surface area contributed by atoms with Crippen LogP contribution in [-0.4, -0.2) is 23.9 Å². The van der Waals surface area contributed by atoms with Crippen LogP contribution in [-0.2, 0) is 27.8 Å². The van der Waals surface area contributed by atoms with E-state index >= 15 is 0 Å². The van der Waals surface area contributed by atoms with Gasteiger partial charge < -0.3 is 9.88 Å². The van der Waals surface area contributed by atoms with Crippen molar-refractivity contribution in [1.82, 2.24) is 9.55 Å². The van der Waals surface area contributed by atoms with Crippen molar-refractivity contribution in [2.45, 2.75) is 37.6 Å². The lowest BCUT2D eigenvalue weighted by Gasteiger charge is -2.09. The lowest BCUT2D eigenvalue weighted by molar-refractivity contribution is -0.116. The molecule has 0 aliphatic heterocycles. The largest absolute Gasteiger partial charge is 0.328 e. The molecule has 0 fully saturated rings. The fourth-order valence-corrected chi connectivity index (χ4v) is 4.32. The van der Waals surface area contributed by atoms with Crippen LogP contribution in [0.4, 0.5) is 5.69 Å². The van der Waals surface area contributed by atoms with Crippen molar-refractivity contribution in [3.05, 3.63) is 89.7 Å². The van der Waals surface area contributed by atoms with E-state index in [1.807, 2.05) is 59.2 Å². The van der Waals surface area contributed by atoms with E-state index in [1.165, 1.54) is 12.1 Å². The summed E-state index contributed by atoms with van der Waals surface area (Å²) in [7, 11) is -3.82. The molecule has 0 aliphatic carbocycles. The highest BCUT2D eigenvalue weighted by Crippen LogP contribution is 2.21. The van der Waals surface area contributed by atoms with Gasteiger partial charge in [0.05, 0.1) is 15.9 Å². The van der Waals surface area contributed by atoms with E-state index in [9.17, 15) is 13.2 Å². The van der Waals surface area contributed by atoms with Crippen LogP contribution < -0.4 is 10.5 Å². The molecule has 0 saturated carbocycles. The van der Waals surface area contributed by atoms with E-state index in [0.29, 0.717) is 24.2 Å². The van der Waals surface area contributed by atoms with Crippen molar-refractivity contribution in [2.75, 3.05) is 5.32 Å². The minimum atomic E-state index is -3.82. The van der Waals surface area contributed by atoms with Crippen LogP contribution in [0.1, 0.15) is 36.7 Å². The second-order valence-electron chi connectivity index (χ2n) is 8.12. The number of primary sulfonamides is 1. The van der Waals surface area contributed by atoms with E-state index in [4.69, 9.17) is 5.14 Å². The van der Waals surface area contributed by atoms with Gasteiger partial charge in [0.1, 0.15) is 5.82 Å². The monoisotopic (exact) mass is 486 g/mol. The van der Waals surface area contributed by atoms with Crippen LogP contribution >= 0.6 is 0 Å². The van der Waals surface area contributed by atoms with Crippen LogP contribution in [0, 0.1) is 11.8 Å². The first-order valence-corrected chi connectivity index (χ1v) is 12.9. The van der Waals surface area contributed by atoms with E-state index in [2.05, 4.69) is 29.1 Å². The molecule has 4 rings (SSSR count). The Kier molecular flexibility index (Phi) is 7.30. The second kappa shape index (κ2) is 10.6. The van der Waals surface area contributed by atoms with Gasteiger partial charge in [-0.15, -0.1) is 0 Å². The third kappa shape index (κ3) is 6.15. The fourth-order valence-electron chi connectivity index (χ4n) is 3.79. The molecule has 0 radical (unpaired) electrons. The molecule has 0 aliphatic rings. The first-order chi connectivity index (χ1) is 16.8. The molecule has 4 aromatic rings. The standard InChI is InChI=1S/C27H26N4O3S/c1-2-17-31-25-14-13-23(35(28,33)34)19-24(25)30-26(31)15-16-27(32)29-22-10-6-9-21(18-22)12-11-20-7-4-3-5-8-20/h3-10,13-14,18-19H,2,15-17H2,1H3,(H,29,32)(H2,28,33,34). The highest BCUT2D eigenvalue weighted by Gasteiger charge is 2.15. The predicted molar refractivity (Wildman–Crippen MR) is 137 cm³/mol. The number of amides is 1. The molecule has 7 nitrogen and oxygen atoms in total. The van der Waals surface area contributed by atoms with Gasteiger partial charge in [-0.1, -0.05) is 43.0 Å². The normalized spacial score (nSPS) is 11.1. The Morgan fingerprint density at radius 2 is 1.74 bits per heavy atom. The number of anilines is 1. The Hall–Kier alpha value is -3.93. The number of carbonyl (C=O) groups excluding carboxylic acids is 1. The molecule has 3 N–H and O–H groups in total. The number of hydrogen-bond acceptors (Lipinski definition) is 4. The number of aryl methyl sites for hydroxylation is 2. The van der Waals surface area contributed by atoms with Gasteiger partial charge in [-0.2, -0.15) is 0 Å². The van der Waals surface area contributed by atoms with Crippen molar-refractivity contribution in [2.24, 2.45) is 5.14 Å². The van der Waals surface area contributed by atoms with Crippen LogP contribution in [0.25, 0.3) is 11.0 Å². The highest BCUT2D eigenvalue weighted by molar-refractivity contribution is 7.89. The minimum absolute atomic E-state index is 0.0192. The lowest BCUT2D eigenvalue weighted by Crippen LogP contribution is -2.14. The molecule has 3 aromatic carbocycles. The number of nitrogens with two attached hydrogens (primary N) is 1. The number of benzene rings is 3. The van der Waals surface area contributed by atoms with E-state index in [0.717, 1.165) is 28.9 Å². The zero-order valence-electron chi connectivity index (χ0n) is 19.4. The van der Waals surface area contributed by atoms with Gasteiger partial charge in [0, 0.05) is 36.2 Å². The van der Waals surface area contributed by atoms with Crippen LogP contribution in [0.3, 0.4) is 0 Å². The molecule has 1 amide bonds. The number of aromatic nitrogens is 2. The number of nitrogens with one attached hydrogen (secondary N) is 1. The zero-order chi connectivity index (χ0) is 24.8. The van der Waals surface area contributed by atoms with Crippen molar-refractivity contribution >= 4 is 32.7 Å². The van der Waals surface area contributed by atoms with Gasteiger partial charge in [-0.25, -0.2) is 18.5 Å². The number of nitrogens with zero attached hydrogens (tertiary/aromatic N) is 2. The molecule has 0 unspecified atom stereocenters. The molecule has 0 saturated heterocycles. The predicted octanol–water partition coefficient (Wildman–Crippen LogP) is 4.06. The Balaban J connectivity index is 1.46. The summed E-state index contributed by atoms with van der Waals surface area (Å²) in [4.78, 5) is 17.3. The molecule has 8 heteroatoms. The average molecular weight is 487 g/mol. The first kappa shape index (κ1) is 24.2. The quantitative estimate of drug-likeness (QED) is 0.384. The molecule has 1 heterocycles. The summed E-state index contributed by atoms with van der Waals surface area (Å²) >= 11 is 0. The van der Waals surface area contributed by atoms with E-state index < -0.39 is 10.0 Å². The maximum atomic E-state index is 12.7. The number of sulfonamides is 1. The molecular formula is C27H26N4O3S. The van der Waals surface area contributed by atoms with Crippen LogP contribution in [0.15, 0.2) is 77.7 Å². The Morgan fingerprint density at radius 1 is 1.00 bits per heavy atom. The third-order valence-electron chi connectivity index (χ3n) is 5.42. The number of hydrogen-bond donors (Lipinski definition) is 2. The number of fused-ring (bicyclic) bond motifs is 1.